The number of benzene rings is 1. The van der Waals surface area contributed by atoms with Crippen LogP contribution in [0.1, 0.15) is 53.4 Å². The van der Waals surface area contributed by atoms with Crippen molar-refractivity contribution in [3.05, 3.63) is 79.4 Å². The zero-order valence-corrected chi connectivity index (χ0v) is 22.0. The van der Waals surface area contributed by atoms with E-state index in [0.29, 0.717) is 35.9 Å². The number of aliphatic imine (C=N–C) groups is 1. The van der Waals surface area contributed by atoms with Crippen LogP contribution in [0.15, 0.2) is 58.0 Å². The van der Waals surface area contributed by atoms with Gasteiger partial charge in [0.15, 0.2) is 0 Å². The quantitative estimate of drug-likeness (QED) is 0.535. The molecule has 0 unspecified atom stereocenters. The van der Waals surface area contributed by atoms with E-state index in [4.69, 9.17) is 0 Å². The third kappa shape index (κ3) is 4.20. The second-order valence-electron chi connectivity index (χ2n) is 10.4. The van der Waals surface area contributed by atoms with Crippen molar-refractivity contribution < 1.29 is 9.90 Å². The van der Waals surface area contributed by atoms with Crippen LogP contribution >= 0.6 is 11.3 Å². The molecule has 36 heavy (non-hydrogen) atoms. The normalized spacial score (nSPS) is 15.3. The molecule has 7 nitrogen and oxygen atoms in total. The van der Waals surface area contributed by atoms with Crippen LogP contribution in [0.5, 0.6) is 0 Å². The summed E-state index contributed by atoms with van der Waals surface area (Å²) in [7, 11) is 1.70. The Labute approximate surface area is 214 Å². The van der Waals surface area contributed by atoms with E-state index < -0.39 is 0 Å². The summed E-state index contributed by atoms with van der Waals surface area (Å²) in [6, 6.07) is 9.57. The number of aliphatic hydroxyl groups is 1. The summed E-state index contributed by atoms with van der Waals surface area (Å²) < 4.78 is 1.52. The van der Waals surface area contributed by atoms with Crippen molar-refractivity contribution in [2.75, 3.05) is 16.8 Å². The lowest BCUT2D eigenvalue weighted by Crippen LogP contribution is -2.25. The number of aromatic nitrogens is 1. The van der Waals surface area contributed by atoms with Gasteiger partial charge in [-0.15, -0.1) is 11.3 Å². The van der Waals surface area contributed by atoms with Gasteiger partial charge in [-0.2, -0.15) is 0 Å². The summed E-state index contributed by atoms with van der Waals surface area (Å²) in [5.41, 5.74) is 5.24. The fraction of sp³-hybridized carbons (Fsp3) is 0.321. The minimum absolute atomic E-state index is 0.0101. The molecule has 0 bridgehead atoms. The van der Waals surface area contributed by atoms with Crippen LogP contribution in [-0.2, 0) is 25.6 Å². The SMILES string of the molecule is CC1=CC(Nc2cc(-c3cccc(N4Cc5cc(C(C)(C)C)sc5C4=O)c3CO)cn(C)c2=O)=NC1. The zero-order valence-electron chi connectivity index (χ0n) is 21.2. The molecule has 1 aromatic carbocycles. The molecule has 5 rings (SSSR count). The lowest BCUT2D eigenvalue weighted by atomic mass is 9.94. The van der Waals surface area contributed by atoms with E-state index >= 15 is 0 Å². The van der Waals surface area contributed by atoms with E-state index in [1.54, 1.807) is 35.5 Å². The highest BCUT2D eigenvalue weighted by atomic mass is 32.1. The number of aliphatic hydroxyl groups excluding tert-OH is 1. The highest BCUT2D eigenvalue weighted by Gasteiger charge is 2.34. The Morgan fingerprint density at radius 2 is 1.97 bits per heavy atom. The Morgan fingerprint density at radius 1 is 1.19 bits per heavy atom. The number of anilines is 2. The van der Waals surface area contributed by atoms with Crippen LogP contribution in [0, 0.1) is 0 Å². The van der Waals surface area contributed by atoms with Gasteiger partial charge in [0.05, 0.1) is 30.3 Å². The summed E-state index contributed by atoms with van der Waals surface area (Å²) in [6.45, 7) is 9.29. The van der Waals surface area contributed by atoms with Crippen molar-refractivity contribution in [1.82, 2.24) is 4.57 Å². The topological polar surface area (TPSA) is 86.9 Å². The first-order valence-corrected chi connectivity index (χ1v) is 12.8. The molecule has 2 aliphatic rings. The van der Waals surface area contributed by atoms with Crippen LogP contribution in [0.4, 0.5) is 11.4 Å². The van der Waals surface area contributed by atoms with E-state index in [0.717, 1.165) is 27.1 Å². The van der Waals surface area contributed by atoms with Crippen LogP contribution in [-0.4, -0.2) is 28.0 Å². The molecule has 0 aliphatic carbocycles. The van der Waals surface area contributed by atoms with E-state index in [-0.39, 0.29) is 23.5 Å². The molecule has 186 valence electrons. The van der Waals surface area contributed by atoms with Gasteiger partial charge in [-0.25, -0.2) is 0 Å². The Morgan fingerprint density at radius 3 is 2.61 bits per heavy atom. The standard InChI is InChI=1S/C28H30N4O3S/c1-16-9-24(29-12-16)30-21-10-17(13-31(5)26(21)34)19-7-6-8-22(20(19)15-33)32-14-18-11-23(28(2,3)4)36-25(18)27(32)35/h6-11,13,33H,12,14-15H2,1-5H3,(H,29,30). The molecule has 2 aromatic heterocycles. The molecular formula is C28H30N4O3S. The number of amides is 1. The molecule has 4 heterocycles. The van der Waals surface area contributed by atoms with Crippen LogP contribution in [0.25, 0.3) is 11.1 Å². The highest BCUT2D eigenvalue weighted by Crippen LogP contribution is 2.41. The van der Waals surface area contributed by atoms with Crippen LogP contribution in [0.2, 0.25) is 0 Å². The van der Waals surface area contributed by atoms with Crippen molar-refractivity contribution in [2.24, 2.45) is 12.0 Å². The molecule has 0 radical (unpaired) electrons. The van der Waals surface area contributed by atoms with Gasteiger partial charge in [0.1, 0.15) is 11.5 Å². The maximum Gasteiger partial charge on any atom is 0.274 e. The predicted molar refractivity (Wildman–Crippen MR) is 146 cm³/mol. The number of pyridine rings is 1. The average molecular weight is 503 g/mol. The second-order valence-corrected chi connectivity index (χ2v) is 11.5. The smallest absolute Gasteiger partial charge is 0.274 e. The zero-order chi connectivity index (χ0) is 25.8. The van der Waals surface area contributed by atoms with Gasteiger partial charge in [-0.1, -0.05) is 32.9 Å². The first-order chi connectivity index (χ1) is 17.1. The lowest BCUT2D eigenvalue weighted by molar-refractivity contribution is 0.0999. The molecule has 0 atom stereocenters. The third-order valence-electron chi connectivity index (χ3n) is 6.56. The summed E-state index contributed by atoms with van der Waals surface area (Å²) in [5.74, 6) is 0.614. The van der Waals surface area contributed by atoms with Gasteiger partial charge in [0, 0.05) is 29.2 Å². The monoisotopic (exact) mass is 502 g/mol. The Hall–Kier alpha value is -3.49. The minimum atomic E-state index is -0.240. The summed E-state index contributed by atoms with van der Waals surface area (Å²) in [6.07, 6.45) is 3.68. The average Bonchev–Trinajstić information content (AvgIpc) is 3.52. The van der Waals surface area contributed by atoms with Gasteiger partial charge >= 0.3 is 0 Å². The number of carbonyl (C=O) groups excluding carboxylic acids is 1. The number of rotatable bonds is 4. The Bertz CT molecular complexity index is 1500. The number of aryl methyl sites for hydroxylation is 1. The second kappa shape index (κ2) is 8.87. The number of nitrogens with one attached hydrogen (secondary N) is 1. The molecule has 8 heteroatoms. The summed E-state index contributed by atoms with van der Waals surface area (Å²) in [5, 5.41) is 13.6. The van der Waals surface area contributed by atoms with Crippen molar-refractivity contribution in [3.8, 4) is 11.1 Å². The molecular weight excluding hydrogens is 472 g/mol. The van der Waals surface area contributed by atoms with Gasteiger partial charge in [-0.05, 0) is 53.3 Å². The van der Waals surface area contributed by atoms with Gasteiger partial charge in [0.2, 0.25) is 0 Å². The summed E-state index contributed by atoms with van der Waals surface area (Å²) >= 11 is 1.55. The van der Waals surface area contributed by atoms with E-state index in [1.807, 2.05) is 31.2 Å². The first kappa shape index (κ1) is 24.2. The fourth-order valence-electron chi connectivity index (χ4n) is 4.62. The Kier molecular flexibility index (Phi) is 5.97. The van der Waals surface area contributed by atoms with Crippen LogP contribution < -0.4 is 15.8 Å². The number of amidine groups is 1. The van der Waals surface area contributed by atoms with Crippen molar-refractivity contribution in [1.29, 1.82) is 0 Å². The van der Waals surface area contributed by atoms with Crippen LogP contribution in [0.3, 0.4) is 0 Å². The van der Waals surface area contributed by atoms with Crippen molar-refractivity contribution in [3.63, 3.8) is 0 Å². The van der Waals surface area contributed by atoms with E-state index in [2.05, 4.69) is 37.1 Å². The molecule has 2 N–H and O–H groups in total. The minimum Gasteiger partial charge on any atom is -0.392 e. The number of nitrogens with zero attached hydrogens (tertiary/aromatic N) is 3. The summed E-state index contributed by atoms with van der Waals surface area (Å²) in [4.78, 5) is 34.3. The number of thiophene rings is 1. The molecule has 3 aromatic rings. The number of hydrogen-bond donors (Lipinski definition) is 2. The Balaban J connectivity index is 1.53. The van der Waals surface area contributed by atoms with E-state index in [9.17, 15) is 14.7 Å². The van der Waals surface area contributed by atoms with Crippen molar-refractivity contribution in [2.45, 2.75) is 46.3 Å². The number of fused-ring (bicyclic) bond motifs is 1. The molecule has 0 saturated heterocycles. The maximum absolute atomic E-state index is 13.4. The number of hydrogen-bond acceptors (Lipinski definition) is 6. The van der Waals surface area contributed by atoms with E-state index in [1.165, 1.54) is 9.44 Å². The predicted octanol–water partition coefficient (Wildman–Crippen LogP) is 4.83. The van der Waals surface area contributed by atoms with Gasteiger partial charge in [-0.3, -0.25) is 14.6 Å². The molecule has 1 amide bonds. The largest absolute Gasteiger partial charge is 0.392 e. The van der Waals surface area contributed by atoms with Gasteiger partial charge < -0.3 is 19.9 Å². The molecule has 2 aliphatic heterocycles. The first-order valence-electron chi connectivity index (χ1n) is 11.9. The maximum atomic E-state index is 13.4. The number of carbonyl (C=O) groups is 1. The highest BCUT2D eigenvalue weighted by molar-refractivity contribution is 7.14. The lowest BCUT2D eigenvalue weighted by Gasteiger charge is -2.22. The van der Waals surface area contributed by atoms with Gasteiger partial charge in [0.25, 0.3) is 11.5 Å². The molecule has 0 saturated carbocycles. The molecule has 0 fully saturated rings. The third-order valence-corrected chi connectivity index (χ3v) is 8.15. The fourth-order valence-corrected chi connectivity index (χ4v) is 5.80. The van der Waals surface area contributed by atoms with Crippen molar-refractivity contribution >= 4 is 34.5 Å². The molecule has 0 spiro atoms.